The summed E-state index contributed by atoms with van der Waals surface area (Å²) >= 11 is 0. The van der Waals surface area contributed by atoms with Crippen LogP contribution >= 0.6 is 0 Å². The van der Waals surface area contributed by atoms with Crippen molar-refractivity contribution < 1.29 is 18.0 Å². The van der Waals surface area contributed by atoms with Crippen molar-refractivity contribution >= 4 is 27.6 Å². The molecule has 0 spiro atoms. The molecular weight excluding hydrogens is 412 g/mol. The van der Waals surface area contributed by atoms with Crippen LogP contribution in [0.25, 0.3) is 0 Å². The van der Waals surface area contributed by atoms with Gasteiger partial charge in [-0.2, -0.15) is 0 Å². The zero-order chi connectivity index (χ0) is 22.5. The summed E-state index contributed by atoms with van der Waals surface area (Å²) in [6, 6.07) is 7.85. The molecule has 12 heteroatoms. The van der Waals surface area contributed by atoms with Crippen molar-refractivity contribution in [3.05, 3.63) is 58.0 Å². The average molecular weight is 436 g/mol. The van der Waals surface area contributed by atoms with Crippen LogP contribution in [-0.4, -0.2) is 31.5 Å². The lowest BCUT2D eigenvalue weighted by atomic mass is 10.1. The average Bonchev–Trinajstić information content (AvgIpc) is 2.65. The summed E-state index contributed by atoms with van der Waals surface area (Å²) in [6.07, 6.45) is -0.00940. The number of carbonyl (C=O) groups excluding carboxylic acids is 1. The summed E-state index contributed by atoms with van der Waals surface area (Å²) in [5, 5.41) is 7.02. The van der Waals surface area contributed by atoms with E-state index in [1.807, 2.05) is 6.92 Å². The highest BCUT2D eigenvalue weighted by atomic mass is 32.2. The van der Waals surface area contributed by atoms with Crippen molar-refractivity contribution in [1.29, 1.82) is 5.41 Å². The van der Waals surface area contributed by atoms with E-state index in [2.05, 4.69) is 10.2 Å². The maximum atomic E-state index is 13.0. The number of rotatable bonds is 9. The zero-order valence-electron chi connectivity index (χ0n) is 16.5. The molecule has 1 aromatic heterocycles. The van der Waals surface area contributed by atoms with Gasteiger partial charge in [0.1, 0.15) is 11.7 Å². The minimum Gasteiger partial charge on any atom is -0.368 e. The number of hydrogen-bond acceptors (Lipinski definition) is 6. The van der Waals surface area contributed by atoms with Crippen LogP contribution in [0.3, 0.4) is 0 Å². The van der Waals surface area contributed by atoms with Crippen LogP contribution in [0, 0.1) is 19.3 Å². The van der Waals surface area contributed by atoms with Crippen LogP contribution in [0.2, 0.25) is 0 Å². The van der Waals surface area contributed by atoms with Crippen molar-refractivity contribution in [2.24, 2.45) is 11.5 Å². The Hall–Kier alpha value is -3.38. The smallest absolute Gasteiger partial charge is 0.275 e. The summed E-state index contributed by atoms with van der Waals surface area (Å²) < 4.78 is 28.6. The molecule has 0 aliphatic rings. The maximum Gasteiger partial charge on any atom is 0.275 e. The van der Waals surface area contributed by atoms with Crippen LogP contribution in [0.5, 0.6) is 0 Å². The van der Waals surface area contributed by atoms with Crippen molar-refractivity contribution in [2.75, 3.05) is 11.3 Å². The Labute approximate surface area is 173 Å². The number of nitrogens with one attached hydrogen (secondary N) is 3. The zero-order valence-corrected chi connectivity index (χ0v) is 17.3. The second-order valence-corrected chi connectivity index (χ2v) is 8.24. The van der Waals surface area contributed by atoms with Crippen LogP contribution in [0.1, 0.15) is 23.7 Å². The molecule has 30 heavy (non-hydrogen) atoms. The highest BCUT2D eigenvalue weighted by Gasteiger charge is 2.23. The number of benzene rings is 1. The number of guanidine groups is 1. The maximum absolute atomic E-state index is 13.0. The second kappa shape index (κ2) is 9.41. The molecule has 1 aromatic carbocycles. The lowest BCUT2D eigenvalue weighted by molar-refractivity contribution is -0.122. The molecule has 0 radical (unpaired) electrons. The van der Waals surface area contributed by atoms with E-state index >= 15 is 0 Å². The van der Waals surface area contributed by atoms with Gasteiger partial charge < -0.3 is 11.5 Å². The number of anilines is 1. The monoisotopic (exact) mass is 436 g/mol. The molecule has 1 unspecified atom stereocenters. The van der Waals surface area contributed by atoms with E-state index in [1.54, 1.807) is 19.1 Å². The number of hydrogen-bond donors (Lipinski definition) is 5. The quantitative estimate of drug-likeness (QED) is 0.160. The van der Waals surface area contributed by atoms with E-state index in [0.717, 1.165) is 10.1 Å². The van der Waals surface area contributed by atoms with Crippen LogP contribution in [0.4, 0.5) is 5.69 Å². The molecule has 162 valence electrons. The first-order valence-electron chi connectivity index (χ1n) is 8.85. The van der Waals surface area contributed by atoms with Crippen LogP contribution in [-0.2, 0) is 19.7 Å². The number of aryl methyl sites for hydroxylation is 2. The Bertz CT molecular complexity index is 1100. The summed E-state index contributed by atoms with van der Waals surface area (Å²) in [6.45, 7) is 3.32. The second-order valence-electron chi connectivity index (χ2n) is 6.55. The van der Waals surface area contributed by atoms with Gasteiger partial charge in [0.15, 0.2) is 0 Å². The third-order valence-corrected chi connectivity index (χ3v) is 5.59. The van der Waals surface area contributed by atoms with E-state index in [1.165, 1.54) is 24.3 Å². The Kier molecular flexibility index (Phi) is 7.19. The fourth-order valence-electron chi connectivity index (χ4n) is 2.73. The number of nitrogens with zero attached hydrogens (tertiary/aromatic N) is 1. The number of aromatic nitrogens is 1. The third kappa shape index (κ3) is 5.58. The molecular formula is C18H24N6O5S. The van der Waals surface area contributed by atoms with Gasteiger partial charge in [-0.25, -0.2) is 13.9 Å². The Morgan fingerprint density at radius 3 is 2.37 bits per heavy atom. The fraction of sp³-hybridized carbons (Fsp3) is 0.278. The number of pyridine rings is 1. The van der Waals surface area contributed by atoms with Gasteiger partial charge in [-0.05, 0) is 38.1 Å². The predicted octanol–water partition coefficient (Wildman–Crippen LogP) is 0.0971. The molecule has 2 rings (SSSR count). The number of sulfonamides is 1. The molecule has 1 heterocycles. The van der Waals surface area contributed by atoms with Crippen molar-refractivity contribution in [3.8, 4) is 0 Å². The van der Waals surface area contributed by atoms with E-state index in [9.17, 15) is 18.0 Å². The summed E-state index contributed by atoms with van der Waals surface area (Å²) in [7, 11) is -4.01. The van der Waals surface area contributed by atoms with Gasteiger partial charge in [-0.15, -0.1) is 0 Å². The fourth-order valence-corrected chi connectivity index (χ4v) is 3.79. The number of primary amides is 1. The highest BCUT2D eigenvalue weighted by Crippen LogP contribution is 2.17. The first kappa shape index (κ1) is 22.9. The van der Waals surface area contributed by atoms with Gasteiger partial charge in [0.05, 0.1) is 11.5 Å². The molecule has 0 saturated carbocycles. The topological polar surface area (TPSA) is 182 Å². The minimum absolute atomic E-state index is 0.00483. The molecule has 1 atom stereocenters. The molecule has 1 amide bonds. The minimum atomic E-state index is -4.01. The number of hydroxylamine groups is 1. The van der Waals surface area contributed by atoms with E-state index in [-0.39, 0.29) is 23.6 Å². The molecule has 11 nitrogen and oxygen atoms in total. The van der Waals surface area contributed by atoms with Gasteiger partial charge in [0.25, 0.3) is 15.6 Å². The van der Waals surface area contributed by atoms with Crippen molar-refractivity contribution in [1.82, 2.24) is 10.0 Å². The first-order chi connectivity index (χ1) is 14.0. The van der Waals surface area contributed by atoms with Crippen molar-refractivity contribution in [3.63, 3.8) is 0 Å². The molecule has 0 saturated heterocycles. The van der Waals surface area contributed by atoms with Gasteiger partial charge in [-0.3, -0.25) is 29.1 Å². The normalized spacial score (nSPS) is 12.2. The Morgan fingerprint density at radius 2 is 1.80 bits per heavy atom. The predicted molar refractivity (Wildman–Crippen MR) is 111 cm³/mol. The first-order valence-corrected chi connectivity index (χ1v) is 10.3. The largest absolute Gasteiger partial charge is 0.368 e. The van der Waals surface area contributed by atoms with Gasteiger partial charge in [-0.1, -0.05) is 17.7 Å². The summed E-state index contributed by atoms with van der Waals surface area (Å²) in [4.78, 5) is 29.8. The van der Waals surface area contributed by atoms with Crippen LogP contribution in [0.15, 0.2) is 46.1 Å². The molecule has 0 bridgehead atoms. The number of carbonyl (C=O) groups is 1. The Balaban J connectivity index is 2.35. The molecule has 0 aliphatic heterocycles. The summed E-state index contributed by atoms with van der Waals surface area (Å²) in [5.41, 5.74) is 13.0. The standard InChI is InChI=1S/C18H24N6O5S/c1-11-3-6-13(7-4-11)30(27,28)23-14-8-5-12(2)24(17(14)26)15(16(19)25)9-10-29-22-18(20)21/h3-8,15,23H,9-10H2,1-2H3,(H2,19,25)(H4,20,21,22). The highest BCUT2D eigenvalue weighted by molar-refractivity contribution is 7.92. The number of amides is 1. The van der Waals surface area contributed by atoms with Gasteiger partial charge >= 0.3 is 0 Å². The van der Waals surface area contributed by atoms with E-state index in [0.29, 0.717) is 5.69 Å². The SMILES string of the molecule is Cc1ccc(S(=O)(=O)Nc2ccc(C)n(C(CCONC(=N)N)C(N)=O)c2=O)cc1. The van der Waals surface area contributed by atoms with Gasteiger partial charge in [0.2, 0.25) is 11.9 Å². The molecule has 2 aromatic rings. The number of nitrogens with two attached hydrogens (primary N) is 2. The summed E-state index contributed by atoms with van der Waals surface area (Å²) in [5.74, 6) is -1.23. The van der Waals surface area contributed by atoms with Gasteiger partial charge in [0, 0.05) is 12.1 Å². The third-order valence-electron chi connectivity index (χ3n) is 4.21. The molecule has 7 N–H and O–H groups in total. The molecule has 0 fully saturated rings. The lowest BCUT2D eigenvalue weighted by Gasteiger charge is -2.20. The Morgan fingerprint density at radius 1 is 1.17 bits per heavy atom. The molecule has 0 aliphatic carbocycles. The van der Waals surface area contributed by atoms with E-state index in [4.69, 9.17) is 21.7 Å². The lowest BCUT2D eigenvalue weighted by Crippen LogP contribution is -2.38. The van der Waals surface area contributed by atoms with E-state index < -0.39 is 33.5 Å². The van der Waals surface area contributed by atoms with Crippen molar-refractivity contribution in [2.45, 2.75) is 31.2 Å². The van der Waals surface area contributed by atoms with Crippen LogP contribution < -0.4 is 27.2 Å².